The van der Waals surface area contributed by atoms with Gasteiger partial charge >= 0.3 is 5.97 Å². The minimum Gasteiger partial charge on any atom is -0.496 e. The first-order valence-corrected chi connectivity index (χ1v) is 18.0. The monoisotopic (exact) mass is 675 g/mol. The fourth-order valence-electron chi connectivity index (χ4n) is 7.71. The van der Waals surface area contributed by atoms with Crippen LogP contribution in [-0.2, 0) is 14.3 Å². The Labute approximate surface area is 295 Å². The number of para-hydroxylation sites is 1. The summed E-state index contributed by atoms with van der Waals surface area (Å²) in [4.78, 5) is 28.6. The molecule has 1 aromatic heterocycles. The molecule has 0 saturated heterocycles. The number of aromatic nitrogens is 2. The van der Waals surface area contributed by atoms with Gasteiger partial charge in [-0.3, -0.25) is 4.79 Å². The fraction of sp³-hybridized carbons (Fsp3) is 0.585. The number of hydrogen-bond acceptors (Lipinski definition) is 6. The molecule has 0 aliphatic heterocycles. The van der Waals surface area contributed by atoms with Crippen LogP contribution >= 0.6 is 0 Å². The lowest BCUT2D eigenvalue weighted by atomic mass is 9.56. The van der Waals surface area contributed by atoms with Crippen LogP contribution in [0.3, 0.4) is 0 Å². The second-order valence-corrected chi connectivity index (χ2v) is 15.0. The van der Waals surface area contributed by atoms with Gasteiger partial charge in [-0.25, -0.2) is 9.48 Å². The van der Waals surface area contributed by atoms with Crippen molar-refractivity contribution in [1.29, 1.82) is 0 Å². The number of aryl methyl sites for hydroxylation is 1. The average molecular weight is 676 g/mol. The van der Waals surface area contributed by atoms with Crippen LogP contribution in [0.15, 0.2) is 48.5 Å². The van der Waals surface area contributed by atoms with E-state index in [1.54, 1.807) is 21.3 Å². The van der Waals surface area contributed by atoms with Gasteiger partial charge in [0, 0.05) is 19.8 Å². The van der Waals surface area contributed by atoms with Crippen LogP contribution in [0.4, 0.5) is 0 Å². The summed E-state index contributed by atoms with van der Waals surface area (Å²) < 4.78 is 17.9. The maximum absolute atomic E-state index is 14.4. The van der Waals surface area contributed by atoms with Crippen molar-refractivity contribution < 1.29 is 23.8 Å². The van der Waals surface area contributed by atoms with Crippen molar-refractivity contribution in [2.24, 2.45) is 23.7 Å². The normalized spacial score (nSPS) is 23.0. The number of fused-ring (bicyclic) bond motifs is 2. The van der Waals surface area contributed by atoms with E-state index >= 15 is 0 Å². The van der Waals surface area contributed by atoms with Crippen molar-refractivity contribution in [3.63, 3.8) is 0 Å². The van der Waals surface area contributed by atoms with E-state index in [2.05, 4.69) is 62.9 Å². The van der Waals surface area contributed by atoms with Gasteiger partial charge < -0.3 is 19.5 Å². The predicted molar refractivity (Wildman–Crippen MR) is 198 cm³/mol. The first-order chi connectivity index (χ1) is 23.1. The number of carbonyl (C=O) groups excluding carboxylic acids is 2. The number of carbonyl (C=O) groups is 2. The van der Waals surface area contributed by atoms with E-state index in [1.165, 1.54) is 6.42 Å². The van der Waals surface area contributed by atoms with Crippen molar-refractivity contribution in [3.8, 4) is 22.7 Å². The highest BCUT2D eigenvalue weighted by Crippen LogP contribution is 2.51. The van der Waals surface area contributed by atoms with Crippen LogP contribution in [0.25, 0.3) is 16.9 Å². The van der Waals surface area contributed by atoms with Crippen LogP contribution in [0.1, 0.15) is 116 Å². The highest BCUT2D eigenvalue weighted by molar-refractivity contribution is 5.98. The van der Waals surface area contributed by atoms with E-state index in [0.717, 1.165) is 47.3 Å². The quantitative estimate of drug-likeness (QED) is 0.251. The summed E-state index contributed by atoms with van der Waals surface area (Å²) in [7, 11) is 4.89. The maximum Gasteiger partial charge on any atom is 0.332 e. The topological polar surface area (TPSA) is 91.7 Å². The molecule has 2 fully saturated rings. The second kappa shape index (κ2) is 16.8. The number of rotatable bonds is 7. The van der Waals surface area contributed by atoms with Crippen LogP contribution in [0.5, 0.6) is 5.75 Å². The lowest BCUT2D eigenvalue weighted by Crippen LogP contribution is -2.67. The maximum atomic E-state index is 14.4. The summed E-state index contributed by atoms with van der Waals surface area (Å²) in [5, 5.41) is 8.25. The fourth-order valence-corrected chi connectivity index (χ4v) is 7.71. The molecule has 8 nitrogen and oxygen atoms in total. The van der Waals surface area contributed by atoms with Gasteiger partial charge in [-0.05, 0) is 113 Å². The Morgan fingerprint density at radius 1 is 0.959 bits per heavy atom. The van der Waals surface area contributed by atoms with E-state index < -0.39 is 11.1 Å². The Morgan fingerprint density at radius 3 is 2.22 bits per heavy atom. The summed E-state index contributed by atoms with van der Waals surface area (Å²) in [5.74, 6) is 1.18. The van der Waals surface area contributed by atoms with Gasteiger partial charge in [0.1, 0.15) is 16.9 Å². The van der Waals surface area contributed by atoms with Crippen LogP contribution in [-0.4, -0.2) is 54.1 Å². The molecule has 270 valence electrons. The highest BCUT2D eigenvalue weighted by atomic mass is 16.6. The average Bonchev–Trinajstić information content (AvgIpc) is 3.48. The minimum atomic E-state index is -1.13. The molecule has 2 aliphatic rings. The van der Waals surface area contributed by atoms with Gasteiger partial charge in [-0.15, -0.1) is 0 Å². The summed E-state index contributed by atoms with van der Waals surface area (Å²) in [6, 6.07) is 15.9. The third-order valence-corrected chi connectivity index (χ3v) is 9.56. The molecule has 2 bridgehead atoms. The van der Waals surface area contributed by atoms with Gasteiger partial charge in [-0.1, -0.05) is 71.4 Å². The molecule has 1 heterocycles. The molecule has 8 heteroatoms. The SMILES string of the molecule is CC.COC.COc1ccccc1-c1cc(C(=O)NC2(C(=O)OC(C)(C)C)C(C)CC3CC(C)CC2C3)nn1-c1ccc(C)cc1C(C)C. The minimum absolute atomic E-state index is 0.000726. The van der Waals surface area contributed by atoms with Crippen LogP contribution in [0.2, 0.25) is 0 Å². The van der Waals surface area contributed by atoms with Gasteiger partial charge in [0.15, 0.2) is 5.69 Å². The molecular weight excluding hydrogens is 614 g/mol. The van der Waals surface area contributed by atoms with Crippen LogP contribution < -0.4 is 10.1 Å². The number of hydrogen-bond donors (Lipinski definition) is 1. The highest BCUT2D eigenvalue weighted by Gasteiger charge is 2.58. The molecule has 0 radical (unpaired) electrons. The second-order valence-electron chi connectivity index (χ2n) is 15.0. The molecule has 5 unspecified atom stereocenters. The summed E-state index contributed by atoms with van der Waals surface area (Å²) in [6.07, 6.45) is 3.83. The van der Waals surface area contributed by atoms with Gasteiger partial charge in [0.25, 0.3) is 5.91 Å². The van der Waals surface area contributed by atoms with E-state index in [1.807, 2.05) is 69.6 Å². The number of nitrogens with one attached hydrogen (secondary N) is 1. The number of benzene rings is 2. The number of methoxy groups -OCH3 is 2. The molecule has 1 N–H and O–H groups in total. The molecule has 2 aliphatic carbocycles. The van der Waals surface area contributed by atoms with Gasteiger partial charge in [0.05, 0.1) is 18.5 Å². The standard InChI is InChI=1S/C37H49N3O4.C2H6O.C2H6/c1-22(2)29-18-23(3)14-15-31(29)40-32(28-12-10-11-13-33(28)43-9)21-30(39-40)34(41)38-37(35(42)44-36(6,7)8)25(5)19-26-16-24(4)17-27(37)20-26;1-3-2;1-2/h10-15,18,21-22,24-27H,16-17,19-20H2,1-9H3,(H,38,41);1-2H3;1-2H3. The Kier molecular flexibility index (Phi) is 13.7. The third kappa shape index (κ3) is 8.94. The zero-order valence-corrected chi connectivity index (χ0v) is 32.3. The Morgan fingerprint density at radius 2 is 1.61 bits per heavy atom. The van der Waals surface area contributed by atoms with Crippen molar-refractivity contribution in [2.75, 3.05) is 21.3 Å². The van der Waals surface area contributed by atoms with E-state index in [-0.39, 0.29) is 35.3 Å². The first-order valence-electron chi connectivity index (χ1n) is 18.0. The molecular formula is C41H61N3O5. The van der Waals surface area contributed by atoms with Crippen molar-refractivity contribution in [2.45, 2.75) is 112 Å². The number of ether oxygens (including phenoxy) is 3. The molecule has 2 saturated carbocycles. The third-order valence-electron chi connectivity index (χ3n) is 9.56. The molecule has 2 aromatic carbocycles. The molecule has 1 amide bonds. The lowest BCUT2D eigenvalue weighted by Gasteiger charge is -2.53. The lowest BCUT2D eigenvalue weighted by molar-refractivity contribution is -0.173. The zero-order chi connectivity index (χ0) is 36.7. The molecule has 5 rings (SSSR count). The van der Waals surface area contributed by atoms with Crippen molar-refractivity contribution in [3.05, 3.63) is 65.4 Å². The summed E-state index contributed by atoms with van der Waals surface area (Å²) in [6.45, 7) is 20.4. The molecule has 0 spiro atoms. The number of amides is 1. The van der Waals surface area contributed by atoms with Gasteiger partial charge in [0.2, 0.25) is 0 Å². The van der Waals surface area contributed by atoms with E-state index in [9.17, 15) is 9.59 Å². The Balaban J connectivity index is 0.00000123. The smallest absolute Gasteiger partial charge is 0.332 e. The predicted octanol–water partition coefficient (Wildman–Crippen LogP) is 9.17. The zero-order valence-electron chi connectivity index (χ0n) is 32.3. The Hall–Kier alpha value is -3.65. The largest absolute Gasteiger partial charge is 0.496 e. The molecule has 3 aromatic rings. The van der Waals surface area contributed by atoms with Crippen LogP contribution in [0, 0.1) is 30.6 Å². The number of esters is 1. The first kappa shape index (κ1) is 39.8. The van der Waals surface area contributed by atoms with E-state index in [0.29, 0.717) is 17.6 Å². The molecule has 5 atom stereocenters. The Bertz CT molecular complexity index is 1550. The number of nitrogens with zero attached hydrogens (tertiary/aromatic N) is 2. The van der Waals surface area contributed by atoms with E-state index in [4.69, 9.17) is 14.6 Å². The summed E-state index contributed by atoms with van der Waals surface area (Å²) in [5.41, 5.74) is 3.21. The summed E-state index contributed by atoms with van der Waals surface area (Å²) >= 11 is 0. The van der Waals surface area contributed by atoms with Crippen molar-refractivity contribution >= 4 is 11.9 Å². The van der Waals surface area contributed by atoms with Gasteiger partial charge in [-0.2, -0.15) is 5.10 Å². The molecule has 49 heavy (non-hydrogen) atoms. The van der Waals surface area contributed by atoms with Crippen molar-refractivity contribution in [1.82, 2.24) is 15.1 Å².